The van der Waals surface area contributed by atoms with Crippen LogP contribution >= 0.6 is 46.4 Å². The van der Waals surface area contributed by atoms with Crippen molar-refractivity contribution in [1.29, 1.82) is 0 Å². The Hall–Kier alpha value is -0.640. The van der Waals surface area contributed by atoms with Gasteiger partial charge in [-0.25, -0.2) is 0 Å². The molecule has 1 heterocycles. The van der Waals surface area contributed by atoms with E-state index in [4.69, 9.17) is 51.1 Å². The van der Waals surface area contributed by atoms with Gasteiger partial charge >= 0.3 is 0 Å². The Balaban J connectivity index is 1.56. The molecule has 0 radical (unpaired) electrons. The number of para-hydroxylation sites is 1. The van der Waals surface area contributed by atoms with Crippen molar-refractivity contribution >= 4 is 46.4 Å². The third kappa shape index (κ3) is 3.72. The molecule has 3 rings (SSSR count). The van der Waals surface area contributed by atoms with E-state index in [1.54, 1.807) is 0 Å². The average Bonchev–Trinajstić information content (AvgIpc) is 3.00. The van der Waals surface area contributed by atoms with E-state index in [0.717, 1.165) is 42.9 Å². The van der Waals surface area contributed by atoms with E-state index in [-0.39, 0.29) is 0 Å². The Kier molecular flexibility index (Phi) is 5.61. The average molecular weight is 391 g/mol. The summed E-state index contributed by atoms with van der Waals surface area (Å²) in [5, 5.41) is 1.70. The second-order valence-corrected chi connectivity index (χ2v) is 6.95. The van der Waals surface area contributed by atoms with E-state index < -0.39 is 0 Å². The molecule has 2 nitrogen and oxygen atoms in total. The van der Waals surface area contributed by atoms with Crippen LogP contribution in [-0.2, 0) is 13.1 Å². The van der Waals surface area contributed by atoms with E-state index in [1.807, 2.05) is 30.3 Å². The highest BCUT2D eigenvalue weighted by atomic mass is 35.5. The molecule has 0 atom stereocenters. The number of rotatable bonds is 5. The highest BCUT2D eigenvalue weighted by molar-refractivity contribution is 6.52. The van der Waals surface area contributed by atoms with Crippen LogP contribution in [0.25, 0.3) is 0 Å². The van der Waals surface area contributed by atoms with Gasteiger partial charge in [-0.05, 0) is 29.7 Å². The Bertz CT molecular complexity index is 669. The molecule has 0 aromatic heterocycles. The standard InChI is InChI=1S/C17H15Cl4NO/c18-14-12-9-22(10-13(12)15(19)17(21)16(14)20)7-4-8-23-11-5-2-1-3-6-11/h1-3,5-6H,4,7-10H2. The summed E-state index contributed by atoms with van der Waals surface area (Å²) < 4.78 is 5.71. The molecule has 1 aliphatic rings. The van der Waals surface area contributed by atoms with Gasteiger partial charge in [0, 0.05) is 19.6 Å². The van der Waals surface area contributed by atoms with Crippen LogP contribution in [0.3, 0.4) is 0 Å². The third-order valence-electron chi connectivity index (χ3n) is 3.87. The zero-order valence-electron chi connectivity index (χ0n) is 12.3. The lowest BCUT2D eigenvalue weighted by Crippen LogP contribution is -2.19. The minimum atomic E-state index is 0.339. The first-order chi connectivity index (χ1) is 11.1. The number of nitrogens with zero attached hydrogens (tertiary/aromatic N) is 1. The van der Waals surface area contributed by atoms with E-state index in [1.165, 1.54) is 0 Å². The predicted molar refractivity (Wildman–Crippen MR) is 97.2 cm³/mol. The molecule has 2 aromatic rings. The van der Waals surface area contributed by atoms with E-state index in [2.05, 4.69) is 4.90 Å². The molecule has 0 unspecified atom stereocenters. The topological polar surface area (TPSA) is 12.5 Å². The smallest absolute Gasteiger partial charge is 0.119 e. The van der Waals surface area contributed by atoms with Gasteiger partial charge in [-0.1, -0.05) is 64.6 Å². The molecule has 0 N–H and O–H groups in total. The van der Waals surface area contributed by atoms with Crippen LogP contribution in [0.2, 0.25) is 20.1 Å². The lowest BCUT2D eigenvalue weighted by Gasteiger charge is -2.14. The van der Waals surface area contributed by atoms with Crippen molar-refractivity contribution in [2.24, 2.45) is 0 Å². The fourth-order valence-electron chi connectivity index (χ4n) is 2.71. The van der Waals surface area contributed by atoms with Crippen LogP contribution < -0.4 is 4.74 Å². The Morgan fingerprint density at radius 2 is 1.39 bits per heavy atom. The quantitative estimate of drug-likeness (QED) is 0.348. The lowest BCUT2D eigenvalue weighted by atomic mass is 10.1. The van der Waals surface area contributed by atoms with Crippen LogP contribution in [0.15, 0.2) is 30.3 Å². The molecule has 0 saturated heterocycles. The molecule has 2 aromatic carbocycles. The molecule has 23 heavy (non-hydrogen) atoms. The summed E-state index contributed by atoms with van der Waals surface area (Å²) in [6.07, 6.45) is 0.916. The van der Waals surface area contributed by atoms with Gasteiger partial charge in [0.25, 0.3) is 0 Å². The van der Waals surface area contributed by atoms with Gasteiger partial charge in [0.15, 0.2) is 0 Å². The highest BCUT2D eigenvalue weighted by Gasteiger charge is 2.27. The second kappa shape index (κ2) is 7.50. The molecule has 1 aliphatic heterocycles. The fraction of sp³-hybridized carbons (Fsp3) is 0.294. The minimum absolute atomic E-state index is 0.339. The van der Waals surface area contributed by atoms with Gasteiger partial charge in [0.1, 0.15) is 5.75 Å². The SMILES string of the molecule is Clc1c(Cl)c(Cl)c2c(c1Cl)CN(CCCOc1ccccc1)C2. The predicted octanol–water partition coefficient (Wildman–Crippen LogP) is 6.08. The van der Waals surface area contributed by atoms with Crippen LogP contribution in [0.5, 0.6) is 5.75 Å². The molecule has 0 bridgehead atoms. The lowest BCUT2D eigenvalue weighted by molar-refractivity contribution is 0.238. The Labute approximate surface area is 155 Å². The summed E-state index contributed by atoms with van der Waals surface area (Å²) in [4.78, 5) is 2.27. The van der Waals surface area contributed by atoms with Crippen molar-refractivity contribution in [1.82, 2.24) is 4.90 Å². The fourth-order valence-corrected chi connectivity index (χ4v) is 3.76. The van der Waals surface area contributed by atoms with E-state index in [9.17, 15) is 0 Å². The van der Waals surface area contributed by atoms with Crippen LogP contribution in [0.4, 0.5) is 0 Å². The number of hydrogen-bond acceptors (Lipinski definition) is 2. The normalized spacial score (nSPS) is 14.1. The summed E-state index contributed by atoms with van der Waals surface area (Å²) >= 11 is 24.8. The van der Waals surface area contributed by atoms with Crippen LogP contribution in [0.1, 0.15) is 17.5 Å². The first-order valence-electron chi connectivity index (χ1n) is 7.32. The van der Waals surface area contributed by atoms with Gasteiger partial charge in [-0.15, -0.1) is 0 Å². The molecular formula is C17H15Cl4NO. The first kappa shape index (κ1) is 17.2. The molecular weight excluding hydrogens is 376 g/mol. The maximum Gasteiger partial charge on any atom is 0.119 e. The van der Waals surface area contributed by atoms with Gasteiger partial charge in [0.2, 0.25) is 0 Å². The second-order valence-electron chi connectivity index (χ2n) is 5.44. The van der Waals surface area contributed by atoms with Gasteiger partial charge in [-0.3, -0.25) is 4.90 Å². The van der Waals surface area contributed by atoms with Gasteiger partial charge < -0.3 is 4.74 Å². The monoisotopic (exact) mass is 389 g/mol. The summed E-state index contributed by atoms with van der Waals surface area (Å²) in [7, 11) is 0. The molecule has 0 spiro atoms. The van der Waals surface area contributed by atoms with Crippen molar-refractivity contribution in [3.05, 3.63) is 61.5 Å². The Morgan fingerprint density at radius 1 is 0.826 bits per heavy atom. The van der Waals surface area contributed by atoms with Crippen molar-refractivity contribution in [2.75, 3.05) is 13.2 Å². The Morgan fingerprint density at radius 3 is 1.96 bits per heavy atom. The molecule has 0 fully saturated rings. The maximum atomic E-state index is 6.30. The zero-order chi connectivity index (χ0) is 16.4. The molecule has 0 saturated carbocycles. The number of fused-ring (bicyclic) bond motifs is 1. The largest absolute Gasteiger partial charge is 0.494 e. The minimum Gasteiger partial charge on any atom is -0.494 e. The number of hydrogen-bond donors (Lipinski definition) is 0. The van der Waals surface area contributed by atoms with Crippen LogP contribution in [-0.4, -0.2) is 18.1 Å². The third-order valence-corrected chi connectivity index (χ3v) is 5.75. The number of ether oxygens (including phenoxy) is 1. The summed E-state index contributed by atoms with van der Waals surface area (Å²) in [6, 6.07) is 9.80. The maximum absolute atomic E-state index is 6.30. The summed E-state index contributed by atoms with van der Waals surface area (Å²) in [5.41, 5.74) is 1.96. The van der Waals surface area contributed by atoms with Crippen molar-refractivity contribution in [3.63, 3.8) is 0 Å². The molecule has 0 amide bonds. The van der Waals surface area contributed by atoms with Crippen molar-refractivity contribution in [3.8, 4) is 5.75 Å². The van der Waals surface area contributed by atoms with Crippen LogP contribution in [0, 0.1) is 0 Å². The van der Waals surface area contributed by atoms with E-state index in [0.29, 0.717) is 26.7 Å². The van der Waals surface area contributed by atoms with Crippen molar-refractivity contribution in [2.45, 2.75) is 19.5 Å². The molecule has 0 aliphatic carbocycles. The summed E-state index contributed by atoms with van der Waals surface area (Å²) in [6.45, 7) is 3.02. The van der Waals surface area contributed by atoms with Gasteiger partial charge in [-0.2, -0.15) is 0 Å². The number of benzene rings is 2. The molecule has 6 heteroatoms. The van der Waals surface area contributed by atoms with E-state index >= 15 is 0 Å². The zero-order valence-corrected chi connectivity index (χ0v) is 15.3. The van der Waals surface area contributed by atoms with Crippen molar-refractivity contribution < 1.29 is 4.74 Å². The summed E-state index contributed by atoms with van der Waals surface area (Å²) in [5.74, 6) is 0.891. The number of halogens is 4. The molecule has 122 valence electrons. The highest BCUT2D eigenvalue weighted by Crippen LogP contribution is 2.44. The first-order valence-corrected chi connectivity index (χ1v) is 8.83. The van der Waals surface area contributed by atoms with Gasteiger partial charge in [0.05, 0.1) is 26.7 Å².